The molecule has 2 N–H and O–H groups in total. The summed E-state index contributed by atoms with van der Waals surface area (Å²) in [6, 6.07) is 8.10. The standard InChI is InChI=1S/C12H18BrNO2S2/c1-18(15,16)7-3-5-11(14)9-17-12-6-2-4-10(13)8-12/h2,4,6,8,11H,3,5,7,9,14H2,1H3. The highest BCUT2D eigenvalue weighted by atomic mass is 79.9. The van der Waals surface area contributed by atoms with Gasteiger partial charge in [0.1, 0.15) is 9.84 Å². The van der Waals surface area contributed by atoms with E-state index in [0.29, 0.717) is 6.42 Å². The lowest BCUT2D eigenvalue weighted by atomic mass is 10.2. The van der Waals surface area contributed by atoms with Gasteiger partial charge in [-0.25, -0.2) is 8.42 Å². The molecular formula is C12H18BrNO2S2. The zero-order valence-corrected chi connectivity index (χ0v) is 13.5. The third-order valence-electron chi connectivity index (χ3n) is 2.35. The fraction of sp³-hybridized carbons (Fsp3) is 0.500. The van der Waals surface area contributed by atoms with Gasteiger partial charge in [-0.3, -0.25) is 0 Å². The molecule has 0 saturated carbocycles. The van der Waals surface area contributed by atoms with Crippen molar-refractivity contribution in [3.63, 3.8) is 0 Å². The number of nitrogens with two attached hydrogens (primary N) is 1. The summed E-state index contributed by atoms with van der Waals surface area (Å²) in [5, 5.41) is 0. The second-order valence-electron chi connectivity index (χ2n) is 4.30. The Labute approximate surface area is 122 Å². The largest absolute Gasteiger partial charge is 0.327 e. The van der Waals surface area contributed by atoms with Gasteiger partial charge in [0.05, 0.1) is 0 Å². The summed E-state index contributed by atoms with van der Waals surface area (Å²) >= 11 is 5.12. The maximum absolute atomic E-state index is 11.0. The van der Waals surface area contributed by atoms with Crippen LogP contribution >= 0.6 is 27.7 Å². The first-order valence-corrected chi connectivity index (χ1v) is 9.52. The van der Waals surface area contributed by atoms with Gasteiger partial charge in [0.25, 0.3) is 0 Å². The minimum absolute atomic E-state index is 0.0377. The minimum atomic E-state index is -2.86. The highest BCUT2D eigenvalue weighted by Gasteiger charge is 2.07. The lowest BCUT2D eigenvalue weighted by Crippen LogP contribution is -2.23. The van der Waals surface area contributed by atoms with Gasteiger partial charge < -0.3 is 5.73 Å². The van der Waals surface area contributed by atoms with Crippen LogP contribution in [0.1, 0.15) is 12.8 Å². The Hall–Kier alpha value is -0.0400. The van der Waals surface area contributed by atoms with Crippen LogP contribution < -0.4 is 5.73 Å². The van der Waals surface area contributed by atoms with Crippen LogP contribution in [-0.4, -0.2) is 32.2 Å². The first-order chi connectivity index (χ1) is 8.37. The summed E-state index contributed by atoms with van der Waals surface area (Å²) in [4.78, 5) is 1.17. The van der Waals surface area contributed by atoms with Gasteiger partial charge >= 0.3 is 0 Å². The quantitative estimate of drug-likeness (QED) is 0.767. The van der Waals surface area contributed by atoms with Crippen molar-refractivity contribution in [3.05, 3.63) is 28.7 Å². The van der Waals surface area contributed by atoms with E-state index in [4.69, 9.17) is 5.73 Å². The molecule has 18 heavy (non-hydrogen) atoms. The molecule has 0 fully saturated rings. The Balaban J connectivity index is 2.27. The van der Waals surface area contributed by atoms with E-state index < -0.39 is 9.84 Å². The number of thioether (sulfide) groups is 1. The lowest BCUT2D eigenvalue weighted by Gasteiger charge is -2.10. The number of rotatable bonds is 7. The van der Waals surface area contributed by atoms with E-state index in [0.717, 1.165) is 16.6 Å². The summed E-state index contributed by atoms with van der Waals surface area (Å²) in [5.74, 6) is 1.03. The summed E-state index contributed by atoms with van der Waals surface area (Å²) < 4.78 is 23.0. The van der Waals surface area contributed by atoms with Crippen molar-refractivity contribution in [2.24, 2.45) is 5.73 Å². The van der Waals surface area contributed by atoms with E-state index in [-0.39, 0.29) is 11.8 Å². The van der Waals surface area contributed by atoms with Crippen molar-refractivity contribution in [3.8, 4) is 0 Å². The molecule has 0 aromatic heterocycles. The molecule has 1 unspecified atom stereocenters. The summed E-state index contributed by atoms with van der Waals surface area (Å²) in [7, 11) is -2.86. The average molecular weight is 352 g/mol. The minimum Gasteiger partial charge on any atom is -0.327 e. The third kappa shape index (κ3) is 7.41. The predicted molar refractivity (Wildman–Crippen MR) is 81.8 cm³/mol. The molecule has 1 aromatic rings. The topological polar surface area (TPSA) is 60.2 Å². The van der Waals surface area contributed by atoms with Crippen molar-refractivity contribution < 1.29 is 8.42 Å². The van der Waals surface area contributed by atoms with Crippen molar-refractivity contribution >= 4 is 37.5 Å². The molecule has 0 radical (unpaired) electrons. The predicted octanol–water partition coefficient (Wildman–Crippen LogP) is 2.69. The van der Waals surface area contributed by atoms with Gasteiger partial charge in [-0.15, -0.1) is 11.8 Å². The molecule has 1 rings (SSSR count). The van der Waals surface area contributed by atoms with Gasteiger partial charge in [-0.2, -0.15) is 0 Å². The molecule has 0 aliphatic carbocycles. The number of hydrogen-bond acceptors (Lipinski definition) is 4. The fourth-order valence-corrected chi connectivity index (χ4v) is 3.65. The van der Waals surface area contributed by atoms with Crippen LogP contribution in [0.2, 0.25) is 0 Å². The maximum atomic E-state index is 11.0. The first-order valence-electron chi connectivity index (χ1n) is 5.68. The van der Waals surface area contributed by atoms with Crippen molar-refractivity contribution in [2.75, 3.05) is 17.8 Å². The van der Waals surface area contributed by atoms with E-state index in [1.165, 1.54) is 11.2 Å². The first kappa shape index (κ1) is 16.0. The van der Waals surface area contributed by atoms with Crippen LogP contribution in [0, 0.1) is 0 Å². The molecule has 0 bridgehead atoms. The molecule has 3 nitrogen and oxygen atoms in total. The van der Waals surface area contributed by atoms with E-state index in [1.54, 1.807) is 11.8 Å². The van der Waals surface area contributed by atoms with Gasteiger partial charge in [0.2, 0.25) is 0 Å². The second kappa shape index (κ2) is 7.53. The molecular weight excluding hydrogens is 334 g/mol. The molecule has 6 heteroatoms. The van der Waals surface area contributed by atoms with Gasteiger partial charge in [0.15, 0.2) is 0 Å². The summed E-state index contributed by atoms with van der Waals surface area (Å²) in [6.07, 6.45) is 2.64. The van der Waals surface area contributed by atoms with Crippen molar-refractivity contribution in [1.82, 2.24) is 0 Å². The molecule has 0 heterocycles. The highest BCUT2D eigenvalue weighted by molar-refractivity contribution is 9.10. The molecule has 0 aliphatic heterocycles. The monoisotopic (exact) mass is 351 g/mol. The van der Waals surface area contributed by atoms with Crippen LogP contribution in [0.25, 0.3) is 0 Å². The number of benzene rings is 1. The third-order valence-corrected chi connectivity index (χ3v) is 5.06. The Morgan fingerprint density at radius 2 is 2.17 bits per heavy atom. The molecule has 102 valence electrons. The lowest BCUT2D eigenvalue weighted by molar-refractivity contribution is 0.591. The Kier molecular flexibility index (Phi) is 6.70. The normalized spacial score (nSPS) is 13.5. The maximum Gasteiger partial charge on any atom is 0.147 e. The fourth-order valence-electron chi connectivity index (χ4n) is 1.45. The Bertz CT molecular complexity index is 477. The van der Waals surface area contributed by atoms with E-state index in [9.17, 15) is 8.42 Å². The highest BCUT2D eigenvalue weighted by Crippen LogP contribution is 2.22. The van der Waals surface area contributed by atoms with Crippen LogP contribution in [0.15, 0.2) is 33.6 Å². The van der Waals surface area contributed by atoms with Crippen molar-refractivity contribution in [1.29, 1.82) is 0 Å². The molecule has 0 saturated heterocycles. The number of sulfone groups is 1. The van der Waals surface area contributed by atoms with Gasteiger partial charge in [-0.1, -0.05) is 22.0 Å². The zero-order chi connectivity index (χ0) is 13.6. The molecule has 1 aromatic carbocycles. The second-order valence-corrected chi connectivity index (χ2v) is 8.57. The van der Waals surface area contributed by atoms with E-state index >= 15 is 0 Å². The SMILES string of the molecule is CS(=O)(=O)CCCC(N)CSc1cccc(Br)c1. The summed E-state index contributed by atoms with van der Waals surface area (Å²) in [5.41, 5.74) is 5.96. The van der Waals surface area contributed by atoms with Crippen LogP contribution in [0.3, 0.4) is 0 Å². The molecule has 0 aliphatic rings. The van der Waals surface area contributed by atoms with E-state index in [2.05, 4.69) is 15.9 Å². The van der Waals surface area contributed by atoms with Crippen LogP contribution in [-0.2, 0) is 9.84 Å². The molecule has 0 amide bonds. The molecule has 1 atom stereocenters. The van der Waals surface area contributed by atoms with Gasteiger partial charge in [-0.05, 0) is 31.0 Å². The van der Waals surface area contributed by atoms with Crippen LogP contribution in [0.5, 0.6) is 0 Å². The van der Waals surface area contributed by atoms with Gasteiger partial charge in [0, 0.05) is 33.2 Å². The average Bonchev–Trinajstić information content (AvgIpc) is 2.25. The smallest absolute Gasteiger partial charge is 0.147 e. The van der Waals surface area contributed by atoms with E-state index in [1.807, 2.05) is 24.3 Å². The Morgan fingerprint density at radius 3 is 2.78 bits per heavy atom. The molecule has 0 spiro atoms. The number of halogens is 1. The number of hydrogen-bond donors (Lipinski definition) is 1. The zero-order valence-electron chi connectivity index (χ0n) is 10.3. The van der Waals surface area contributed by atoms with Crippen molar-refractivity contribution in [2.45, 2.75) is 23.8 Å². The Morgan fingerprint density at radius 1 is 1.44 bits per heavy atom. The van der Waals surface area contributed by atoms with Crippen LogP contribution in [0.4, 0.5) is 0 Å². The summed E-state index contributed by atoms with van der Waals surface area (Å²) in [6.45, 7) is 0.